The van der Waals surface area contributed by atoms with E-state index in [-0.39, 0.29) is 0 Å². The van der Waals surface area contributed by atoms with Crippen LogP contribution in [-0.4, -0.2) is 61.8 Å². The molecule has 0 atom stereocenters. The third-order valence-electron chi connectivity index (χ3n) is 3.06. The summed E-state index contributed by atoms with van der Waals surface area (Å²) in [7, 11) is 4.09. The molecule has 1 rings (SSSR count). The zero-order chi connectivity index (χ0) is 15.5. The Balaban J connectivity index is 2.43. The zero-order valence-electron chi connectivity index (χ0n) is 13.8. The van der Waals surface area contributed by atoms with Crippen LogP contribution in [0.1, 0.15) is 25.8 Å². The van der Waals surface area contributed by atoms with E-state index in [4.69, 9.17) is 4.74 Å². The number of likely N-dealkylation sites (N-methyl/N-ethyl adjacent to an activating group) is 1. The van der Waals surface area contributed by atoms with E-state index >= 15 is 0 Å². The van der Waals surface area contributed by atoms with Crippen LogP contribution in [0.2, 0.25) is 0 Å². The van der Waals surface area contributed by atoms with Crippen LogP contribution in [0.5, 0.6) is 0 Å². The predicted octanol–water partition coefficient (Wildman–Crippen LogP) is 1.85. The van der Waals surface area contributed by atoms with Gasteiger partial charge in [-0.25, -0.2) is 9.97 Å². The van der Waals surface area contributed by atoms with Crippen LogP contribution in [-0.2, 0) is 11.2 Å². The fourth-order valence-electron chi connectivity index (χ4n) is 1.89. The van der Waals surface area contributed by atoms with Gasteiger partial charge < -0.3 is 20.3 Å². The van der Waals surface area contributed by atoms with Gasteiger partial charge in [-0.15, -0.1) is 0 Å². The second-order valence-corrected chi connectivity index (χ2v) is 5.17. The first-order valence-electron chi connectivity index (χ1n) is 7.73. The monoisotopic (exact) mass is 295 g/mol. The van der Waals surface area contributed by atoms with Gasteiger partial charge >= 0.3 is 0 Å². The second kappa shape index (κ2) is 10.3. The minimum absolute atomic E-state index is 0.679. The van der Waals surface area contributed by atoms with Crippen molar-refractivity contribution in [3.05, 3.63) is 11.9 Å². The molecule has 1 heterocycles. The Morgan fingerprint density at radius 3 is 2.29 bits per heavy atom. The fourth-order valence-corrected chi connectivity index (χ4v) is 1.89. The summed E-state index contributed by atoms with van der Waals surface area (Å²) in [5.74, 6) is 1.84. The number of nitrogens with zero attached hydrogens (tertiary/aromatic N) is 3. The van der Waals surface area contributed by atoms with Gasteiger partial charge in [0, 0.05) is 25.2 Å². The molecule has 2 N–H and O–H groups in total. The molecule has 21 heavy (non-hydrogen) atoms. The summed E-state index contributed by atoms with van der Waals surface area (Å²) in [6.45, 7) is 8.32. The lowest BCUT2D eigenvalue weighted by Gasteiger charge is -2.14. The molecule has 0 saturated carbocycles. The maximum absolute atomic E-state index is 5.57. The van der Waals surface area contributed by atoms with E-state index in [0.29, 0.717) is 6.61 Å². The summed E-state index contributed by atoms with van der Waals surface area (Å²) < 4.78 is 5.57. The first-order chi connectivity index (χ1) is 10.2. The summed E-state index contributed by atoms with van der Waals surface area (Å²) >= 11 is 0. The molecule has 0 saturated heterocycles. The minimum Gasteiger partial charge on any atom is -0.378 e. The van der Waals surface area contributed by atoms with Crippen molar-refractivity contribution in [3.63, 3.8) is 0 Å². The van der Waals surface area contributed by atoms with Gasteiger partial charge in [-0.1, -0.05) is 13.8 Å². The van der Waals surface area contributed by atoms with Gasteiger partial charge in [0.25, 0.3) is 0 Å². The largest absolute Gasteiger partial charge is 0.378 e. The number of ether oxygens (including phenoxy) is 1. The first-order valence-corrected chi connectivity index (χ1v) is 7.73. The number of aromatic nitrogens is 2. The number of hydrogen-bond acceptors (Lipinski definition) is 6. The van der Waals surface area contributed by atoms with Crippen molar-refractivity contribution in [3.8, 4) is 0 Å². The predicted molar refractivity (Wildman–Crippen MR) is 88.1 cm³/mol. The summed E-state index contributed by atoms with van der Waals surface area (Å²) in [6.07, 6.45) is 3.58. The zero-order valence-corrected chi connectivity index (χ0v) is 13.8. The van der Waals surface area contributed by atoms with Gasteiger partial charge in [0.05, 0.1) is 13.2 Å². The van der Waals surface area contributed by atoms with Crippen LogP contribution >= 0.6 is 0 Å². The molecule has 0 unspecified atom stereocenters. The molecule has 1 aromatic rings. The summed E-state index contributed by atoms with van der Waals surface area (Å²) in [4.78, 5) is 10.8. The minimum atomic E-state index is 0.679. The average molecular weight is 295 g/mol. The van der Waals surface area contributed by atoms with Crippen molar-refractivity contribution < 1.29 is 4.74 Å². The molecular formula is C15H29N5O. The van der Waals surface area contributed by atoms with Gasteiger partial charge in [0.1, 0.15) is 18.0 Å². The Morgan fingerprint density at radius 2 is 1.71 bits per heavy atom. The first kappa shape index (κ1) is 17.7. The SMILES string of the molecule is CCCNc1ncnc(NCCOCCN(C)C)c1CC. The van der Waals surface area contributed by atoms with E-state index in [1.54, 1.807) is 6.33 Å². The van der Waals surface area contributed by atoms with E-state index in [2.05, 4.69) is 39.3 Å². The summed E-state index contributed by atoms with van der Waals surface area (Å²) in [5, 5.41) is 6.69. The normalized spacial score (nSPS) is 10.9. The molecule has 0 spiro atoms. The molecule has 6 heteroatoms. The van der Waals surface area contributed by atoms with Crippen LogP contribution in [0.25, 0.3) is 0 Å². The molecular weight excluding hydrogens is 266 g/mol. The third kappa shape index (κ3) is 6.73. The van der Waals surface area contributed by atoms with Crippen LogP contribution in [0.3, 0.4) is 0 Å². The molecule has 120 valence electrons. The lowest BCUT2D eigenvalue weighted by Crippen LogP contribution is -2.20. The van der Waals surface area contributed by atoms with Crippen molar-refractivity contribution >= 4 is 11.6 Å². The van der Waals surface area contributed by atoms with E-state index < -0.39 is 0 Å². The Hall–Kier alpha value is -1.40. The molecule has 0 bridgehead atoms. The Morgan fingerprint density at radius 1 is 1.05 bits per heavy atom. The van der Waals surface area contributed by atoms with Gasteiger partial charge in [-0.2, -0.15) is 0 Å². The highest BCUT2D eigenvalue weighted by atomic mass is 16.5. The van der Waals surface area contributed by atoms with E-state index in [9.17, 15) is 0 Å². The van der Waals surface area contributed by atoms with Crippen molar-refractivity contribution in [2.45, 2.75) is 26.7 Å². The molecule has 0 aliphatic rings. The summed E-state index contributed by atoms with van der Waals surface area (Å²) in [5.41, 5.74) is 1.14. The molecule has 0 aromatic carbocycles. The van der Waals surface area contributed by atoms with Crippen molar-refractivity contribution in [2.75, 3.05) is 57.6 Å². The highest BCUT2D eigenvalue weighted by Crippen LogP contribution is 2.20. The Kier molecular flexibility index (Phi) is 8.69. The maximum atomic E-state index is 5.57. The number of anilines is 2. The average Bonchev–Trinajstić information content (AvgIpc) is 2.48. The molecule has 0 aliphatic carbocycles. The van der Waals surface area contributed by atoms with Crippen molar-refractivity contribution in [2.24, 2.45) is 0 Å². The molecule has 1 aromatic heterocycles. The molecule has 0 aliphatic heterocycles. The number of nitrogens with one attached hydrogen (secondary N) is 2. The van der Waals surface area contributed by atoms with Gasteiger partial charge in [-0.05, 0) is 26.9 Å². The number of hydrogen-bond donors (Lipinski definition) is 2. The second-order valence-electron chi connectivity index (χ2n) is 5.17. The summed E-state index contributed by atoms with van der Waals surface area (Å²) in [6, 6.07) is 0. The van der Waals surface area contributed by atoms with E-state index in [0.717, 1.165) is 56.3 Å². The lowest BCUT2D eigenvalue weighted by molar-refractivity contribution is 0.126. The van der Waals surface area contributed by atoms with Crippen molar-refractivity contribution in [1.29, 1.82) is 0 Å². The topological polar surface area (TPSA) is 62.3 Å². The Labute approximate surface area is 128 Å². The van der Waals surface area contributed by atoms with Gasteiger partial charge in [0.15, 0.2) is 0 Å². The molecule has 0 amide bonds. The molecule has 0 fully saturated rings. The molecule has 0 radical (unpaired) electrons. The quantitative estimate of drug-likeness (QED) is 0.608. The Bertz CT molecular complexity index is 398. The van der Waals surface area contributed by atoms with Crippen LogP contribution in [0.15, 0.2) is 6.33 Å². The lowest BCUT2D eigenvalue weighted by atomic mass is 10.2. The number of rotatable bonds is 11. The molecule has 6 nitrogen and oxygen atoms in total. The highest BCUT2D eigenvalue weighted by Gasteiger charge is 2.08. The standard InChI is InChI=1S/C15H29N5O/c1-5-7-16-14-13(6-2)15(19-12-18-14)17-8-10-21-11-9-20(3)4/h12H,5-11H2,1-4H3,(H2,16,17,18,19). The van der Waals surface area contributed by atoms with Crippen molar-refractivity contribution in [1.82, 2.24) is 14.9 Å². The van der Waals surface area contributed by atoms with E-state index in [1.807, 2.05) is 14.1 Å². The van der Waals surface area contributed by atoms with Gasteiger partial charge in [0.2, 0.25) is 0 Å². The van der Waals surface area contributed by atoms with Crippen LogP contribution in [0.4, 0.5) is 11.6 Å². The van der Waals surface area contributed by atoms with Crippen LogP contribution in [0, 0.1) is 0 Å². The fraction of sp³-hybridized carbons (Fsp3) is 0.733. The van der Waals surface area contributed by atoms with E-state index in [1.165, 1.54) is 0 Å². The smallest absolute Gasteiger partial charge is 0.134 e. The maximum Gasteiger partial charge on any atom is 0.134 e. The highest BCUT2D eigenvalue weighted by molar-refractivity contribution is 5.57. The van der Waals surface area contributed by atoms with Gasteiger partial charge in [-0.3, -0.25) is 0 Å². The van der Waals surface area contributed by atoms with Crippen LogP contribution < -0.4 is 10.6 Å². The third-order valence-corrected chi connectivity index (χ3v) is 3.06.